The van der Waals surface area contributed by atoms with Crippen LogP contribution in [-0.2, 0) is 13.0 Å². The zero-order valence-corrected chi connectivity index (χ0v) is 16.7. The standard InChI is InChI=1S/C18H22F2N4.HI/c1-3-21-18(22-9-8-14-5-4-13(2)23-11-14)24-12-15-10-16(19)6-7-17(15)20;/h4-7,10-11H,3,8-9,12H2,1-2H3,(H2,21,22,24);1H. The van der Waals surface area contributed by atoms with Gasteiger partial charge in [0.25, 0.3) is 0 Å². The zero-order valence-electron chi connectivity index (χ0n) is 14.4. The molecule has 25 heavy (non-hydrogen) atoms. The van der Waals surface area contributed by atoms with Crippen LogP contribution >= 0.6 is 24.0 Å². The summed E-state index contributed by atoms with van der Waals surface area (Å²) in [5.74, 6) is -0.352. The molecular weight excluding hydrogens is 437 g/mol. The maximum atomic E-state index is 13.6. The van der Waals surface area contributed by atoms with Gasteiger partial charge in [0.15, 0.2) is 5.96 Å². The monoisotopic (exact) mass is 460 g/mol. The van der Waals surface area contributed by atoms with Gasteiger partial charge in [-0.05, 0) is 50.1 Å². The molecule has 0 fully saturated rings. The van der Waals surface area contributed by atoms with Gasteiger partial charge in [0.2, 0.25) is 0 Å². The largest absolute Gasteiger partial charge is 0.357 e. The summed E-state index contributed by atoms with van der Waals surface area (Å²) < 4.78 is 26.8. The molecule has 0 saturated carbocycles. The molecular formula is C18H23F2IN4. The molecule has 1 aromatic heterocycles. The molecule has 0 amide bonds. The normalized spacial score (nSPS) is 11.0. The predicted molar refractivity (Wildman–Crippen MR) is 107 cm³/mol. The molecule has 0 aliphatic rings. The molecule has 7 heteroatoms. The molecule has 1 heterocycles. The van der Waals surface area contributed by atoms with E-state index in [1.165, 1.54) is 6.07 Å². The van der Waals surface area contributed by atoms with Gasteiger partial charge < -0.3 is 10.6 Å². The van der Waals surface area contributed by atoms with Crippen molar-refractivity contribution in [3.8, 4) is 0 Å². The summed E-state index contributed by atoms with van der Waals surface area (Å²) in [5, 5.41) is 6.27. The van der Waals surface area contributed by atoms with Crippen LogP contribution in [0.5, 0.6) is 0 Å². The molecule has 0 aliphatic heterocycles. The minimum atomic E-state index is -0.466. The highest BCUT2D eigenvalue weighted by molar-refractivity contribution is 14.0. The molecule has 0 radical (unpaired) electrons. The second-order valence-corrected chi connectivity index (χ2v) is 5.42. The molecule has 4 nitrogen and oxygen atoms in total. The summed E-state index contributed by atoms with van der Waals surface area (Å²) in [6, 6.07) is 7.39. The lowest BCUT2D eigenvalue weighted by atomic mass is 10.2. The number of halogens is 3. The van der Waals surface area contributed by atoms with E-state index in [0.717, 1.165) is 29.8 Å². The lowest BCUT2D eigenvalue weighted by Gasteiger charge is -2.11. The van der Waals surface area contributed by atoms with Crippen LogP contribution in [0.2, 0.25) is 0 Å². The average molecular weight is 460 g/mol. The number of nitrogens with one attached hydrogen (secondary N) is 2. The van der Waals surface area contributed by atoms with Crippen molar-refractivity contribution in [2.75, 3.05) is 13.1 Å². The highest BCUT2D eigenvalue weighted by atomic mass is 127. The summed E-state index contributed by atoms with van der Waals surface area (Å²) in [6.45, 7) is 5.32. The summed E-state index contributed by atoms with van der Waals surface area (Å²) in [5.41, 5.74) is 2.34. The van der Waals surface area contributed by atoms with Gasteiger partial charge in [0.1, 0.15) is 11.6 Å². The van der Waals surface area contributed by atoms with Crippen molar-refractivity contribution in [2.45, 2.75) is 26.8 Å². The number of aryl methyl sites for hydroxylation is 1. The number of aromatic nitrogens is 1. The lowest BCUT2D eigenvalue weighted by Crippen LogP contribution is -2.38. The average Bonchev–Trinajstić information content (AvgIpc) is 2.57. The Morgan fingerprint density at radius 1 is 1.16 bits per heavy atom. The number of hydrogen-bond acceptors (Lipinski definition) is 2. The van der Waals surface area contributed by atoms with Crippen LogP contribution in [-0.4, -0.2) is 24.0 Å². The topological polar surface area (TPSA) is 49.3 Å². The SMILES string of the molecule is CCNC(=NCc1cc(F)ccc1F)NCCc1ccc(C)nc1.I. The molecule has 2 rings (SSSR count). The third kappa shape index (κ3) is 7.33. The van der Waals surface area contributed by atoms with E-state index in [0.29, 0.717) is 19.0 Å². The van der Waals surface area contributed by atoms with E-state index in [2.05, 4.69) is 20.6 Å². The third-order valence-electron chi connectivity index (χ3n) is 3.44. The van der Waals surface area contributed by atoms with Gasteiger partial charge in [-0.25, -0.2) is 13.8 Å². The van der Waals surface area contributed by atoms with Crippen LogP contribution in [0.4, 0.5) is 8.78 Å². The van der Waals surface area contributed by atoms with Crippen LogP contribution in [0.25, 0.3) is 0 Å². The fraction of sp³-hybridized carbons (Fsp3) is 0.333. The highest BCUT2D eigenvalue weighted by Gasteiger charge is 2.04. The van der Waals surface area contributed by atoms with Crippen LogP contribution in [0.3, 0.4) is 0 Å². The van der Waals surface area contributed by atoms with Crippen molar-refractivity contribution in [3.05, 3.63) is 65.0 Å². The Bertz CT molecular complexity index is 690. The van der Waals surface area contributed by atoms with Crippen LogP contribution in [0, 0.1) is 18.6 Å². The van der Waals surface area contributed by atoms with Gasteiger partial charge in [-0.2, -0.15) is 0 Å². The number of nitrogens with zero attached hydrogens (tertiary/aromatic N) is 2. The number of rotatable bonds is 6. The first-order valence-corrected chi connectivity index (χ1v) is 7.96. The van der Waals surface area contributed by atoms with E-state index in [9.17, 15) is 8.78 Å². The quantitative estimate of drug-likeness (QED) is 0.394. The first-order valence-electron chi connectivity index (χ1n) is 7.96. The van der Waals surface area contributed by atoms with E-state index < -0.39 is 11.6 Å². The summed E-state index contributed by atoms with van der Waals surface area (Å²) in [7, 11) is 0. The Labute approximate surface area is 164 Å². The van der Waals surface area contributed by atoms with Crippen molar-refractivity contribution in [1.29, 1.82) is 0 Å². The molecule has 0 saturated heterocycles. The van der Waals surface area contributed by atoms with Gasteiger partial charge in [0, 0.05) is 30.5 Å². The fourth-order valence-electron chi connectivity index (χ4n) is 2.14. The molecule has 0 atom stereocenters. The molecule has 0 bridgehead atoms. The van der Waals surface area contributed by atoms with Crippen molar-refractivity contribution in [2.24, 2.45) is 4.99 Å². The smallest absolute Gasteiger partial charge is 0.191 e. The number of pyridine rings is 1. The van der Waals surface area contributed by atoms with E-state index in [-0.39, 0.29) is 36.1 Å². The Morgan fingerprint density at radius 2 is 1.96 bits per heavy atom. The first kappa shape index (κ1) is 21.3. The second-order valence-electron chi connectivity index (χ2n) is 5.42. The second kappa shape index (κ2) is 11.0. The lowest BCUT2D eigenvalue weighted by molar-refractivity contribution is 0.585. The Balaban J connectivity index is 0.00000312. The third-order valence-corrected chi connectivity index (χ3v) is 3.44. The van der Waals surface area contributed by atoms with E-state index in [1.54, 1.807) is 0 Å². The van der Waals surface area contributed by atoms with Crippen LogP contribution < -0.4 is 10.6 Å². The molecule has 2 N–H and O–H groups in total. The summed E-state index contributed by atoms with van der Waals surface area (Å²) in [6.07, 6.45) is 2.65. The number of hydrogen-bond donors (Lipinski definition) is 2. The predicted octanol–water partition coefficient (Wildman–Crippen LogP) is 3.58. The van der Waals surface area contributed by atoms with Crippen molar-refractivity contribution >= 4 is 29.9 Å². The minimum absolute atomic E-state index is 0. The van der Waals surface area contributed by atoms with Crippen molar-refractivity contribution < 1.29 is 8.78 Å². The Hall–Kier alpha value is -1.77. The van der Waals surface area contributed by atoms with Gasteiger partial charge in [0.05, 0.1) is 6.54 Å². The Kier molecular flexibility index (Phi) is 9.33. The van der Waals surface area contributed by atoms with E-state index in [4.69, 9.17) is 0 Å². The zero-order chi connectivity index (χ0) is 17.4. The van der Waals surface area contributed by atoms with E-state index >= 15 is 0 Å². The molecule has 1 aromatic carbocycles. The number of benzene rings is 1. The van der Waals surface area contributed by atoms with Crippen LogP contribution in [0.1, 0.15) is 23.7 Å². The molecule has 136 valence electrons. The highest BCUT2D eigenvalue weighted by Crippen LogP contribution is 2.10. The molecule has 0 unspecified atom stereocenters. The van der Waals surface area contributed by atoms with Gasteiger partial charge in [-0.15, -0.1) is 24.0 Å². The van der Waals surface area contributed by atoms with E-state index in [1.807, 2.05) is 32.2 Å². The summed E-state index contributed by atoms with van der Waals surface area (Å²) >= 11 is 0. The van der Waals surface area contributed by atoms with Crippen molar-refractivity contribution in [1.82, 2.24) is 15.6 Å². The molecule has 0 spiro atoms. The molecule has 0 aliphatic carbocycles. The molecule has 2 aromatic rings. The maximum absolute atomic E-state index is 13.6. The fourth-order valence-corrected chi connectivity index (χ4v) is 2.14. The minimum Gasteiger partial charge on any atom is -0.357 e. The first-order chi connectivity index (χ1) is 11.6. The van der Waals surface area contributed by atoms with Crippen molar-refractivity contribution in [3.63, 3.8) is 0 Å². The van der Waals surface area contributed by atoms with Gasteiger partial charge in [-0.1, -0.05) is 6.07 Å². The van der Waals surface area contributed by atoms with Gasteiger partial charge in [-0.3, -0.25) is 4.98 Å². The summed E-state index contributed by atoms with van der Waals surface area (Å²) in [4.78, 5) is 8.56. The number of aliphatic imine (C=N–C) groups is 1. The van der Waals surface area contributed by atoms with Crippen LogP contribution in [0.15, 0.2) is 41.5 Å². The maximum Gasteiger partial charge on any atom is 0.191 e. The Morgan fingerprint density at radius 3 is 2.64 bits per heavy atom. The number of guanidine groups is 1. The van der Waals surface area contributed by atoms with Gasteiger partial charge >= 0.3 is 0 Å².